The highest BCUT2D eigenvalue weighted by Crippen LogP contribution is 2.26. The number of nitrogens with one attached hydrogen (secondary N) is 1. The van der Waals surface area contributed by atoms with Gasteiger partial charge in [0.05, 0.1) is 13.2 Å². The van der Waals surface area contributed by atoms with E-state index in [2.05, 4.69) is 11.4 Å². The van der Waals surface area contributed by atoms with Gasteiger partial charge < -0.3 is 19.7 Å². The summed E-state index contributed by atoms with van der Waals surface area (Å²) in [6, 6.07) is 15.8. The molecule has 1 aliphatic rings. The van der Waals surface area contributed by atoms with Crippen LogP contribution in [0.25, 0.3) is 0 Å². The van der Waals surface area contributed by atoms with Crippen LogP contribution in [0.2, 0.25) is 0 Å². The van der Waals surface area contributed by atoms with Gasteiger partial charge in [0.1, 0.15) is 12.4 Å². The number of carbonyl (C=O) groups excluding carboxylic acids is 1. The summed E-state index contributed by atoms with van der Waals surface area (Å²) in [5, 5.41) is 3.21. The van der Waals surface area contributed by atoms with Crippen LogP contribution in [0.4, 0.5) is 11.4 Å². The first-order chi connectivity index (χ1) is 12.8. The maximum absolute atomic E-state index is 12.7. The molecule has 1 N–H and O–H groups in total. The highest BCUT2D eigenvalue weighted by molar-refractivity contribution is 5.97. The molecule has 0 aromatic heterocycles. The molecule has 0 bridgehead atoms. The van der Waals surface area contributed by atoms with Gasteiger partial charge >= 0.3 is 0 Å². The number of benzene rings is 2. The lowest BCUT2D eigenvalue weighted by molar-refractivity contribution is -0.117. The zero-order valence-electron chi connectivity index (χ0n) is 15.2. The van der Waals surface area contributed by atoms with Crippen LogP contribution in [-0.4, -0.2) is 38.8 Å². The van der Waals surface area contributed by atoms with E-state index in [1.54, 1.807) is 0 Å². The molecular weight excluding hydrogens is 328 g/mol. The van der Waals surface area contributed by atoms with Crippen LogP contribution < -0.4 is 15.0 Å². The Bertz CT molecular complexity index is 733. The molecule has 0 saturated carbocycles. The Hall–Kier alpha value is -2.53. The molecule has 2 aromatic rings. The van der Waals surface area contributed by atoms with Crippen molar-refractivity contribution >= 4 is 17.3 Å². The van der Waals surface area contributed by atoms with Gasteiger partial charge in [-0.15, -0.1) is 0 Å². The second kappa shape index (κ2) is 9.25. The third-order valence-electron chi connectivity index (χ3n) is 4.39. The smallest absolute Gasteiger partial charge is 0.246 e. The monoisotopic (exact) mass is 354 g/mol. The number of aryl methyl sites for hydroxylation is 1. The molecule has 26 heavy (non-hydrogen) atoms. The van der Waals surface area contributed by atoms with Crippen molar-refractivity contribution in [1.82, 2.24) is 0 Å². The summed E-state index contributed by atoms with van der Waals surface area (Å²) in [6.07, 6.45) is 2.04. The third-order valence-corrected chi connectivity index (χ3v) is 4.39. The van der Waals surface area contributed by atoms with Gasteiger partial charge in [-0.1, -0.05) is 24.3 Å². The molecule has 1 amide bonds. The van der Waals surface area contributed by atoms with E-state index >= 15 is 0 Å². The summed E-state index contributed by atoms with van der Waals surface area (Å²) in [6.45, 7) is 4.77. The third kappa shape index (κ3) is 4.76. The molecule has 0 radical (unpaired) electrons. The molecule has 0 saturated heterocycles. The Kier molecular flexibility index (Phi) is 6.50. The number of para-hydroxylation sites is 1. The summed E-state index contributed by atoms with van der Waals surface area (Å²) >= 11 is 0. The van der Waals surface area contributed by atoms with Crippen LogP contribution in [0.1, 0.15) is 18.9 Å². The minimum atomic E-state index is 0.0832. The topological polar surface area (TPSA) is 50.8 Å². The van der Waals surface area contributed by atoms with Gasteiger partial charge in [-0.3, -0.25) is 4.79 Å². The number of amides is 1. The lowest BCUT2D eigenvalue weighted by Gasteiger charge is -2.29. The van der Waals surface area contributed by atoms with Crippen molar-refractivity contribution in [3.63, 3.8) is 0 Å². The summed E-state index contributed by atoms with van der Waals surface area (Å²) in [7, 11) is 0. The predicted molar refractivity (Wildman–Crippen MR) is 104 cm³/mol. The second-order valence-corrected chi connectivity index (χ2v) is 6.20. The highest BCUT2D eigenvalue weighted by atomic mass is 16.5. The fraction of sp³-hybridized carbons (Fsp3) is 0.381. The van der Waals surface area contributed by atoms with Crippen LogP contribution in [0, 0.1) is 0 Å². The van der Waals surface area contributed by atoms with E-state index in [0.29, 0.717) is 19.8 Å². The molecule has 0 atom stereocenters. The molecule has 2 aromatic carbocycles. The number of anilines is 2. The van der Waals surface area contributed by atoms with Gasteiger partial charge in [-0.25, -0.2) is 0 Å². The average Bonchev–Trinajstić information content (AvgIpc) is 2.69. The molecule has 138 valence electrons. The highest BCUT2D eigenvalue weighted by Gasteiger charge is 2.21. The average molecular weight is 354 g/mol. The Labute approximate surface area is 154 Å². The molecule has 0 aliphatic carbocycles. The molecular formula is C21H26N2O3. The predicted octanol–water partition coefficient (Wildman–Crippen LogP) is 3.49. The van der Waals surface area contributed by atoms with Gasteiger partial charge in [-0.05, 0) is 43.5 Å². The van der Waals surface area contributed by atoms with Crippen molar-refractivity contribution in [2.75, 3.05) is 43.1 Å². The Morgan fingerprint density at radius 2 is 2.04 bits per heavy atom. The van der Waals surface area contributed by atoms with Gasteiger partial charge in [0.15, 0.2) is 0 Å². The lowest BCUT2D eigenvalue weighted by Crippen LogP contribution is -2.39. The van der Waals surface area contributed by atoms with Gasteiger partial charge in [0.2, 0.25) is 5.91 Å². The number of ether oxygens (including phenoxy) is 2. The molecule has 3 rings (SSSR count). The lowest BCUT2D eigenvalue weighted by atomic mass is 10.0. The molecule has 1 heterocycles. The van der Waals surface area contributed by atoms with Crippen LogP contribution in [-0.2, 0) is 16.0 Å². The van der Waals surface area contributed by atoms with Crippen LogP contribution in [0.15, 0.2) is 48.5 Å². The Morgan fingerprint density at radius 1 is 1.15 bits per heavy atom. The van der Waals surface area contributed by atoms with Crippen molar-refractivity contribution in [1.29, 1.82) is 0 Å². The van der Waals surface area contributed by atoms with E-state index in [-0.39, 0.29) is 12.5 Å². The number of hydrogen-bond acceptors (Lipinski definition) is 4. The first kappa shape index (κ1) is 18.3. The minimum Gasteiger partial charge on any atom is -0.491 e. The Morgan fingerprint density at radius 3 is 2.92 bits per heavy atom. The number of hydrogen-bond donors (Lipinski definition) is 1. The fourth-order valence-electron chi connectivity index (χ4n) is 3.12. The zero-order valence-corrected chi connectivity index (χ0v) is 15.2. The Balaban J connectivity index is 1.55. The summed E-state index contributed by atoms with van der Waals surface area (Å²) in [5.74, 6) is 0.852. The molecule has 5 nitrogen and oxygen atoms in total. The van der Waals surface area contributed by atoms with E-state index in [1.807, 2.05) is 54.3 Å². The van der Waals surface area contributed by atoms with Crippen molar-refractivity contribution in [3.05, 3.63) is 54.1 Å². The number of rotatable bonds is 8. The van der Waals surface area contributed by atoms with Crippen LogP contribution >= 0.6 is 0 Å². The zero-order chi connectivity index (χ0) is 18.2. The van der Waals surface area contributed by atoms with E-state index < -0.39 is 0 Å². The van der Waals surface area contributed by atoms with E-state index in [4.69, 9.17) is 9.47 Å². The maximum atomic E-state index is 12.7. The van der Waals surface area contributed by atoms with Crippen molar-refractivity contribution in [3.8, 4) is 5.75 Å². The fourth-order valence-corrected chi connectivity index (χ4v) is 3.12. The van der Waals surface area contributed by atoms with E-state index in [1.165, 1.54) is 5.56 Å². The standard InChI is InChI=1S/C21H26N2O3/c1-2-25-13-14-26-19-10-5-9-18(15-19)22-16-21(24)23-12-6-8-17-7-3-4-11-20(17)23/h3-5,7,9-11,15,22H,2,6,8,12-14,16H2,1H3. The summed E-state index contributed by atoms with van der Waals surface area (Å²) in [4.78, 5) is 14.6. The molecule has 1 aliphatic heterocycles. The number of nitrogens with zero attached hydrogens (tertiary/aromatic N) is 1. The van der Waals surface area contributed by atoms with Crippen LogP contribution in [0.5, 0.6) is 5.75 Å². The summed E-state index contributed by atoms with van der Waals surface area (Å²) < 4.78 is 10.9. The van der Waals surface area contributed by atoms with Gasteiger partial charge in [-0.2, -0.15) is 0 Å². The molecule has 0 unspecified atom stereocenters. The van der Waals surface area contributed by atoms with E-state index in [0.717, 1.165) is 36.5 Å². The molecule has 0 fully saturated rings. The van der Waals surface area contributed by atoms with Crippen LogP contribution in [0.3, 0.4) is 0 Å². The quantitative estimate of drug-likeness (QED) is 0.737. The van der Waals surface area contributed by atoms with Crippen molar-refractivity contribution in [2.45, 2.75) is 19.8 Å². The molecule has 5 heteroatoms. The number of carbonyl (C=O) groups is 1. The van der Waals surface area contributed by atoms with E-state index in [9.17, 15) is 4.79 Å². The minimum absolute atomic E-state index is 0.0832. The maximum Gasteiger partial charge on any atom is 0.246 e. The first-order valence-electron chi connectivity index (χ1n) is 9.20. The summed E-state index contributed by atoms with van der Waals surface area (Å²) in [5.41, 5.74) is 3.16. The van der Waals surface area contributed by atoms with Gasteiger partial charge in [0, 0.05) is 30.6 Å². The normalized spacial score (nSPS) is 13.2. The SMILES string of the molecule is CCOCCOc1cccc(NCC(=O)N2CCCc3ccccc32)c1. The van der Waals surface area contributed by atoms with Crippen molar-refractivity contribution in [2.24, 2.45) is 0 Å². The first-order valence-corrected chi connectivity index (χ1v) is 9.20. The molecule has 0 spiro atoms. The number of fused-ring (bicyclic) bond motifs is 1. The van der Waals surface area contributed by atoms with Gasteiger partial charge in [0.25, 0.3) is 0 Å². The van der Waals surface area contributed by atoms with Crippen molar-refractivity contribution < 1.29 is 14.3 Å². The largest absolute Gasteiger partial charge is 0.491 e. The second-order valence-electron chi connectivity index (χ2n) is 6.20.